The highest BCUT2D eigenvalue weighted by Gasteiger charge is 2.13. The van der Waals surface area contributed by atoms with Crippen molar-refractivity contribution in [2.75, 3.05) is 17.3 Å². The van der Waals surface area contributed by atoms with Crippen LogP contribution in [0.4, 0.5) is 20.7 Å². The highest BCUT2D eigenvalue weighted by molar-refractivity contribution is 6.00. The summed E-state index contributed by atoms with van der Waals surface area (Å²) < 4.78 is 14.3. The monoisotopic (exact) mass is 327 g/mol. The number of amides is 2. The molecule has 1 aromatic carbocycles. The molecule has 0 atom stereocenters. The van der Waals surface area contributed by atoms with Gasteiger partial charge < -0.3 is 5.11 Å². The number of nitrogens with one attached hydrogen (secondary N) is 1. The van der Waals surface area contributed by atoms with Gasteiger partial charge in [0.2, 0.25) is 0 Å². The van der Waals surface area contributed by atoms with Crippen molar-refractivity contribution in [2.45, 2.75) is 0 Å². The Bertz CT molecular complexity index is 863. The predicted molar refractivity (Wildman–Crippen MR) is 86.8 cm³/mol. The van der Waals surface area contributed by atoms with Crippen molar-refractivity contribution >= 4 is 17.5 Å². The molecule has 0 fully saturated rings. The van der Waals surface area contributed by atoms with Crippen molar-refractivity contribution in [1.29, 1.82) is 0 Å². The van der Waals surface area contributed by atoms with Crippen LogP contribution < -0.4 is 10.2 Å². The van der Waals surface area contributed by atoms with Crippen LogP contribution in [0.1, 0.15) is 0 Å². The lowest BCUT2D eigenvalue weighted by atomic mass is 10.3. The summed E-state index contributed by atoms with van der Waals surface area (Å²) in [5.41, 5.74) is 0.534. The maximum absolute atomic E-state index is 12.9. The zero-order chi connectivity index (χ0) is 17.1. The van der Waals surface area contributed by atoms with Gasteiger partial charge in [-0.15, -0.1) is 5.10 Å². The van der Waals surface area contributed by atoms with Gasteiger partial charge in [0.15, 0.2) is 11.6 Å². The summed E-state index contributed by atoms with van der Waals surface area (Å²) in [6.07, 6.45) is 2.69. The largest absolute Gasteiger partial charge is 0.508 e. The van der Waals surface area contributed by atoms with Crippen molar-refractivity contribution in [1.82, 2.24) is 14.8 Å². The third kappa shape index (κ3) is 3.32. The van der Waals surface area contributed by atoms with Crippen LogP contribution >= 0.6 is 0 Å². The number of hydrogen-bond acceptors (Lipinski definition) is 4. The number of phenolic OH excluding ortho intramolecular Hbond substituents is 1. The zero-order valence-corrected chi connectivity index (χ0v) is 12.7. The maximum Gasteiger partial charge on any atom is 0.327 e. The molecule has 3 aromatic rings. The van der Waals surface area contributed by atoms with Crippen molar-refractivity contribution < 1.29 is 14.3 Å². The van der Waals surface area contributed by atoms with Gasteiger partial charge in [-0.25, -0.2) is 18.9 Å². The molecule has 0 aliphatic heterocycles. The van der Waals surface area contributed by atoms with Crippen LogP contribution in [0.2, 0.25) is 0 Å². The van der Waals surface area contributed by atoms with Crippen LogP contribution in [0.25, 0.3) is 5.82 Å². The second-order valence-electron chi connectivity index (χ2n) is 4.99. The molecule has 2 N–H and O–H groups in total. The van der Waals surface area contributed by atoms with Gasteiger partial charge in [0, 0.05) is 31.1 Å². The Morgan fingerprint density at radius 1 is 1.29 bits per heavy atom. The number of carbonyl (C=O) groups excluding carboxylic acids is 1. The number of pyridine rings is 1. The van der Waals surface area contributed by atoms with Crippen molar-refractivity contribution in [3.63, 3.8) is 0 Å². The number of rotatable bonds is 3. The summed E-state index contributed by atoms with van der Waals surface area (Å²) in [5.74, 6) is 0.377. The first-order chi connectivity index (χ1) is 11.5. The molecule has 0 aliphatic rings. The quantitative estimate of drug-likeness (QED) is 0.775. The average Bonchev–Trinajstić information content (AvgIpc) is 3.03. The fourth-order valence-corrected chi connectivity index (χ4v) is 2.03. The molecule has 2 aromatic heterocycles. The first-order valence-corrected chi connectivity index (χ1v) is 7.04. The fraction of sp³-hybridized carbons (Fsp3) is 0.0625. The Morgan fingerprint density at radius 2 is 2.12 bits per heavy atom. The Kier molecular flexibility index (Phi) is 4.11. The number of urea groups is 1. The molecular weight excluding hydrogens is 313 g/mol. The number of aromatic hydroxyl groups is 1. The molecule has 0 saturated carbocycles. The molecule has 0 spiro atoms. The fourth-order valence-electron chi connectivity index (χ4n) is 2.03. The summed E-state index contributed by atoms with van der Waals surface area (Å²) in [6, 6.07) is 10.3. The van der Waals surface area contributed by atoms with Gasteiger partial charge in [0.05, 0.1) is 6.20 Å². The van der Waals surface area contributed by atoms with E-state index in [2.05, 4.69) is 15.4 Å². The predicted octanol–water partition coefficient (Wildman–Crippen LogP) is 2.78. The van der Waals surface area contributed by atoms with Crippen molar-refractivity contribution in [3.05, 3.63) is 60.7 Å². The normalized spacial score (nSPS) is 10.4. The third-order valence-corrected chi connectivity index (χ3v) is 3.29. The second-order valence-corrected chi connectivity index (χ2v) is 4.99. The number of anilines is 2. The van der Waals surface area contributed by atoms with Crippen LogP contribution in [0, 0.1) is 5.82 Å². The van der Waals surface area contributed by atoms with Crippen LogP contribution in [0.15, 0.2) is 54.9 Å². The first kappa shape index (κ1) is 15.5. The van der Waals surface area contributed by atoms with Crippen LogP contribution in [0.5, 0.6) is 5.75 Å². The molecule has 0 aliphatic carbocycles. The molecule has 8 heteroatoms. The number of nitrogens with zero attached hydrogens (tertiary/aromatic N) is 4. The van der Waals surface area contributed by atoms with E-state index >= 15 is 0 Å². The van der Waals surface area contributed by atoms with E-state index in [1.807, 2.05) is 0 Å². The lowest BCUT2D eigenvalue weighted by molar-refractivity contribution is 0.258. The van der Waals surface area contributed by atoms with E-state index in [9.17, 15) is 14.3 Å². The van der Waals surface area contributed by atoms with Crippen LogP contribution in [-0.4, -0.2) is 32.9 Å². The lowest BCUT2D eigenvalue weighted by Crippen LogP contribution is -2.31. The molecule has 0 unspecified atom stereocenters. The SMILES string of the molecule is CN(C(=O)Nc1ccn(-c2ccc(F)cn2)n1)c1cccc(O)c1. The molecular formula is C16H14FN5O2. The molecule has 0 saturated heterocycles. The van der Waals surface area contributed by atoms with E-state index in [4.69, 9.17) is 0 Å². The van der Waals surface area contributed by atoms with Crippen molar-refractivity contribution in [2.24, 2.45) is 0 Å². The van der Waals surface area contributed by atoms with Gasteiger partial charge in [-0.3, -0.25) is 10.2 Å². The van der Waals surface area contributed by atoms with Crippen molar-refractivity contribution in [3.8, 4) is 11.6 Å². The highest BCUT2D eigenvalue weighted by atomic mass is 19.1. The van der Waals surface area contributed by atoms with E-state index in [0.29, 0.717) is 17.3 Å². The number of carbonyl (C=O) groups is 1. The van der Waals surface area contributed by atoms with Gasteiger partial charge in [0.25, 0.3) is 0 Å². The summed E-state index contributed by atoms with van der Waals surface area (Å²) >= 11 is 0. The summed E-state index contributed by atoms with van der Waals surface area (Å²) in [5, 5.41) is 16.3. The second kappa shape index (κ2) is 6.37. The van der Waals surface area contributed by atoms with Gasteiger partial charge >= 0.3 is 6.03 Å². The summed E-state index contributed by atoms with van der Waals surface area (Å²) in [6.45, 7) is 0. The van der Waals surface area contributed by atoms with Gasteiger partial charge in [-0.1, -0.05) is 6.07 Å². The Labute approximate surface area is 137 Å². The van der Waals surface area contributed by atoms with E-state index in [0.717, 1.165) is 6.20 Å². The molecule has 122 valence electrons. The molecule has 3 rings (SSSR count). The Balaban J connectivity index is 1.72. The zero-order valence-electron chi connectivity index (χ0n) is 12.7. The number of hydrogen-bond donors (Lipinski definition) is 2. The van der Waals surface area contributed by atoms with E-state index < -0.39 is 11.8 Å². The molecule has 0 bridgehead atoms. The van der Waals surface area contributed by atoms with Gasteiger partial charge in [-0.2, -0.15) is 0 Å². The summed E-state index contributed by atoms with van der Waals surface area (Å²) in [4.78, 5) is 17.5. The maximum atomic E-state index is 12.9. The highest BCUT2D eigenvalue weighted by Crippen LogP contribution is 2.19. The minimum Gasteiger partial charge on any atom is -0.508 e. The molecule has 2 heterocycles. The van der Waals surface area contributed by atoms with Gasteiger partial charge in [-0.05, 0) is 24.3 Å². The minimum atomic E-state index is -0.438. The van der Waals surface area contributed by atoms with Crippen LogP contribution in [-0.2, 0) is 0 Å². The summed E-state index contributed by atoms with van der Waals surface area (Å²) in [7, 11) is 1.57. The first-order valence-electron chi connectivity index (χ1n) is 7.04. The molecule has 24 heavy (non-hydrogen) atoms. The van der Waals surface area contributed by atoms with Crippen LogP contribution in [0.3, 0.4) is 0 Å². The van der Waals surface area contributed by atoms with E-state index in [1.165, 1.54) is 33.8 Å². The Morgan fingerprint density at radius 3 is 2.83 bits per heavy atom. The third-order valence-electron chi connectivity index (χ3n) is 3.29. The van der Waals surface area contributed by atoms with Gasteiger partial charge in [0.1, 0.15) is 11.6 Å². The lowest BCUT2D eigenvalue weighted by Gasteiger charge is -2.17. The number of halogens is 1. The van der Waals surface area contributed by atoms with E-state index in [-0.39, 0.29) is 5.75 Å². The van der Waals surface area contributed by atoms with E-state index in [1.54, 1.807) is 31.4 Å². The Hall–Kier alpha value is -3.42. The molecule has 2 amide bonds. The smallest absolute Gasteiger partial charge is 0.327 e. The number of aromatic nitrogens is 3. The topological polar surface area (TPSA) is 83.3 Å². The number of phenols is 1. The molecule has 7 nitrogen and oxygen atoms in total. The molecule has 0 radical (unpaired) electrons. The minimum absolute atomic E-state index is 0.0683. The average molecular weight is 327 g/mol. The standard InChI is InChI=1S/C16H14FN5O2/c1-21(12-3-2-4-13(23)9-12)16(24)19-14-7-8-22(20-14)15-6-5-11(17)10-18-15/h2-10,23H,1H3,(H,19,20,24). The number of benzene rings is 1.